The molecular formula is C20H18Cl2N2O3S. The minimum Gasteiger partial charge on any atom is -0.490 e. The number of nitrogens with one attached hydrogen (secondary N) is 2. The summed E-state index contributed by atoms with van der Waals surface area (Å²) >= 11 is 13.4. The number of amides is 1. The predicted molar refractivity (Wildman–Crippen MR) is 115 cm³/mol. The molecule has 1 saturated heterocycles. The Bertz CT molecular complexity index is 956. The van der Waals surface area contributed by atoms with Gasteiger partial charge in [0.25, 0.3) is 5.91 Å². The first-order valence-electron chi connectivity index (χ1n) is 8.44. The zero-order valence-electron chi connectivity index (χ0n) is 15.3. The third kappa shape index (κ3) is 5.22. The molecule has 1 fully saturated rings. The molecule has 0 radical (unpaired) electrons. The van der Waals surface area contributed by atoms with Crippen LogP contribution in [0.5, 0.6) is 11.5 Å². The zero-order valence-corrected chi connectivity index (χ0v) is 17.6. The van der Waals surface area contributed by atoms with E-state index in [1.165, 1.54) is 0 Å². The summed E-state index contributed by atoms with van der Waals surface area (Å²) in [4.78, 5) is 12.2. The van der Waals surface area contributed by atoms with Gasteiger partial charge in [-0.05, 0) is 67.1 Å². The fourth-order valence-corrected chi connectivity index (χ4v) is 4.00. The molecule has 146 valence electrons. The van der Waals surface area contributed by atoms with Crippen LogP contribution in [-0.4, -0.2) is 24.3 Å². The first-order valence-corrected chi connectivity index (χ1v) is 10.0. The number of thioether (sulfide) groups is 1. The van der Waals surface area contributed by atoms with Crippen molar-refractivity contribution in [2.45, 2.75) is 13.8 Å². The number of amidine groups is 1. The van der Waals surface area contributed by atoms with E-state index < -0.39 is 0 Å². The quantitative estimate of drug-likeness (QED) is 0.481. The number of carbonyl (C=O) groups excluding carboxylic acids is 1. The van der Waals surface area contributed by atoms with Gasteiger partial charge in [0, 0.05) is 10.6 Å². The van der Waals surface area contributed by atoms with Gasteiger partial charge in [-0.1, -0.05) is 29.3 Å². The molecule has 1 amide bonds. The largest absolute Gasteiger partial charge is 0.490 e. The van der Waals surface area contributed by atoms with Crippen LogP contribution >= 0.6 is 35.0 Å². The van der Waals surface area contributed by atoms with Gasteiger partial charge in [0.15, 0.2) is 5.17 Å². The highest BCUT2D eigenvalue weighted by atomic mass is 35.5. The van der Waals surface area contributed by atoms with Crippen molar-refractivity contribution >= 4 is 52.1 Å². The number of ether oxygens (including phenoxy) is 2. The molecule has 3 rings (SSSR count). The third-order valence-electron chi connectivity index (χ3n) is 3.78. The van der Waals surface area contributed by atoms with E-state index in [2.05, 4.69) is 11.4 Å². The topological polar surface area (TPSA) is 71.4 Å². The van der Waals surface area contributed by atoms with Crippen molar-refractivity contribution in [3.05, 3.63) is 62.0 Å². The van der Waals surface area contributed by atoms with Crippen molar-refractivity contribution in [2.75, 3.05) is 13.2 Å². The molecule has 1 aliphatic rings. The summed E-state index contributed by atoms with van der Waals surface area (Å²) in [5, 5.41) is 10.8. The Morgan fingerprint density at radius 1 is 1.07 bits per heavy atom. The van der Waals surface area contributed by atoms with Gasteiger partial charge in [-0.25, -0.2) is 0 Å². The van der Waals surface area contributed by atoms with Crippen LogP contribution in [0.3, 0.4) is 0 Å². The zero-order chi connectivity index (χ0) is 20.3. The van der Waals surface area contributed by atoms with Gasteiger partial charge in [0.2, 0.25) is 0 Å². The van der Waals surface area contributed by atoms with E-state index in [-0.39, 0.29) is 17.7 Å². The number of rotatable bonds is 6. The molecule has 0 unspecified atom stereocenters. The molecule has 0 spiro atoms. The van der Waals surface area contributed by atoms with E-state index in [1.807, 2.05) is 26.0 Å². The molecule has 2 N–H and O–H groups in total. The summed E-state index contributed by atoms with van der Waals surface area (Å²) in [6.45, 7) is 4.62. The molecule has 1 heterocycles. The summed E-state index contributed by atoms with van der Waals surface area (Å²) in [6, 6.07) is 9.24. The van der Waals surface area contributed by atoms with Crippen LogP contribution in [0, 0.1) is 19.3 Å². The first kappa shape index (κ1) is 20.6. The van der Waals surface area contributed by atoms with Crippen molar-refractivity contribution in [2.24, 2.45) is 0 Å². The van der Waals surface area contributed by atoms with Crippen molar-refractivity contribution in [1.29, 1.82) is 5.41 Å². The molecule has 28 heavy (non-hydrogen) atoms. The fourth-order valence-electron chi connectivity index (χ4n) is 2.74. The van der Waals surface area contributed by atoms with E-state index in [9.17, 15) is 4.79 Å². The molecule has 8 heteroatoms. The first-order chi connectivity index (χ1) is 13.3. The minimum absolute atomic E-state index is 0.0775. The number of aryl methyl sites for hydroxylation is 2. The summed E-state index contributed by atoms with van der Waals surface area (Å²) in [5.74, 6) is 0.854. The number of hydrogen-bond donors (Lipinski definition) is 2. The van der Waals surface area contributed by atoms with E-state index >= 15 is 0 Å². The van der Waals surface area contributed by atoms with Crippen LogP contribution in [0.25, 0.3) is 6.08 Å². The Morgan fingerprint density at radius 3 is 2.39 bits per heavy atom. The molecule has 1 aliphatic heterocycles. The number of halogens is 2. The highest BCUT2D eigenvalue weighted by Gasteiger charge is 2.23. The van der Waals surface area contributed by atoms with Gasteiger partial charge >= 0.3 is 0 Å². The van der Waals surface area contributed by atoms with Crippen LogP contribution < -0.4 is 14.8 Å². The van der Waals surface area contributed by atoms with Gasteiger partial charge < -0.3 is 14.8 Å². The van der Waals surface area contributed by atoms with Crippen LogP contribution in [0.1, 0.15) is 16.7 Å². The molecule has 0 bridgehead atoms. The third-order valence-corrected chi connectivity index (χ3v) is 5.11. The molecule has 0 saturated carbocycles. The second-order valence-electron chi connectivity index (χ2n) is 6.22. The van der Waals surface area contributed by atoms with Gasteiger partial charge in [-0.2, -0.15) is 0 Å². The lowest BCUT2D eigenvalue weighted by Crippen LogP contribution is -2.18. The van der Waals surface area contributed by atoms with Crippen molar-refractivity contribution in [3.63, 3.8) is 0 Å². The van der Waals surface area contributed by atoms with Gasteiger partial charge in [0.1, 0.15) is 24.7 Å². The summed E-state index contributed by atoms with van der Waals surface area (Å²) in [6.07, 6.45) is 1.61. The summed E-state index contributed by atoms with van der Waals surface area (Å²) < 4.78 is 11.6. The maximum atomic E-state index is 11.9. The smallest absolute Gasteiger partial charge is 0.264 e. The SMILES string of the molecule is Cc1cc(C)cc(OCCOc2c(Cl)cc(Cl)cc2/C=C2\SC(=N)NC2=O)c1. The maximum Gasteiger partial charge on any atom is 0.264 e. The summed E-state index contributed by atoms with van der Waals surface area (Å²) in [5.41, 5.74) is 2.82. The van der Waals surface area contributed by atoms with E-state index in [1.54, 1.807) is 18.2 Å². The highest BCUT2D eigenvalue weighted by Crippen LogP contribution is 2.36. The number of benzene rings is 2. The fraction of sp³-hybridized carbons (Fsp3) is 0.200. The Hall–Kier alpha value is -2.15. The molecule has 0 atom stereocenters. The molecule has 2 aromatic carbocycles. The molecule has 0 aliphatic carbocycles. The van der Waals surface area contributed by atoms with E-state index in [4.69, 9.17) is 38.1 Å². The number of carbonyl (C=O) groups is 1. The van der Waals surface area contributed by atoms with E-state index in [0.717, 1.165) is 28.6 Å². The summed E-state index contributed by atoms with van der Waals surface area (Å²) in [7, 11) is 0. The minimum atomic E-state index is -0.338. The van der Waals surface area contributed by atoms with Crippen molar-refractivity contribution in [3.8, 4) is 11.5 Å². The van der Waals surface area contributed by atoms with Crippen molar-refractivity contribution in [1.82, 2.24) is 5.32 Å². The van der Waals surface area contributed by atoms with Crippen LogP contribution in [0.4, 0.5) is 0 Å². The predicted octanol–water partition coefficient (Wildman–Crippen LogP) is 5.21. The second kappa shape index (κ2) is 8.90. The Balaban J connectivity index is 1.72. The average Bonchev–Trinajstić information content (AvgIpc) is 2.89. The molecule has 0 aromatic heterocycles. The second-order valence-corrected chi connectivity index (χ2v) is 8.12. The lowest BCUT2D eigenvalue weighted by molar-refractivity contribution is -0.115. The lowest BCUT2D eigenvalue weighted by atomic mass is 10.1. The lowest BCUT2D eigenvalue weighted by Gasteiger charge is -2.13. The standard InChI is InChI=1S/C20H18Cl2N2O3S/c1-11-5-12(2)7-15(6-11)26-3-4-27-18-13(8-14(21)10-16(18)22)9-17-19(25)24-20(23)28-17/h5-10H,3-4H2,1-2H3,(H2,23,24,25)/b17-9-. The monoisotopic (exact) mass is 436 g/mol. The van der Waals surface area contributed by atoms with Gasteiger partial charge in [0.05, 0.1) is 9.93 Å². The van der Waals surface area contributed by atoms with Crippen LogP contribution in [-0.2, 0) is 4.79 Å². The molecule has 5 nitrogen and oxygen atoms in total. The normalized spacial score (nSPS) is 15.1. The van der Waals surface area contributed by atoms with Crippen LogP contribution in [0.2, 0.25) is 10.0 Å². The molecular weight excluding hydrogens is 419 g/mol. The number of hydrogen-bond acceptors (Lipinski definition) is 5. The Labute approximate surface area is 177 Å². The van der Waals surface area contributed by atoms with Gasteiger partial charge in [-0.3, -0.25) is 10.2 Å². The van der Waals surface area contributed by atoms with Crippen molar-refractivity contribution < 1.29 is 14.3 Å². The average molecular weight is 437 g/mol. The van der Waals surface area contributed by atoms with E-state index in [0.29, 0.717) is 32.9 Å². The Morgan fingerprint density at radius 2 is 1.75 bits per heavy atom. The molecule has 2 aromatic rings. The Kier molecular flexibility index (Phi) is 6.54. The van der Waals surface area contributed by atoms with Gasteiger partial charge in [-0.15, -0.1) is 0 Å². The maximum absolute atomic E-state index is 11.9. The highest BCUT2D eigenvalue weighted by molar-refractivity contribution is 8.18. The van der Waals surface area contributed by atoms with Crippen LogP contribution in [0.15, 0.2) is 35.2 Å².